The van der Waals surface area contributed by atoms with Gasteiger partial charge in [0.1, 0.15) is 11.3 Å². The van der Waals surface area contributed by atoms with Crippen molar-refractivity contribution in [3.63, 3.8) is 0 Å². The van der Waals surface area contributed by atoms with Gasteiger partial charge in [0, 0.05) is 6.92 Å². The first kappa shape index (κ1) is 11.1. The summed E-state index contributed by atoms with van der Waals surface area (Å²) >= 11 is 0. The number of nitrogens with one attached hydrogen (secondary N) is 1. The molecule has 1 N–H and O–H groups in total. The molecule has 0 radical (unpaired) electrons. The molecule has 1 fully saturated rings. The standard InChI is InChI=1S/C14H16N2O2/c1-9-13(2,3)16-12(17)10-7-5-6-8-11(10)15-14(16,4)18-9/h5-8,15H,1H2,2-4H3. The van der Waals surface area contributed by atoms with Gasteiger partial charge in [-0.15, -0.1) is 0 Å². The third-order valence-corrected chi connectivity index (χ3v) is 3.72. The van der Waals surface area contributed by atoms with E-state index in [1.807, 2.05) is 45.0 Å². The summed E-state index contributed by atoms with van der Waals surface area (Å²) in [6, 6.07) is 7.46. The molecule has 4 heteroatoms. The molecule has 0 aliphatic carbocycles. The smallest absolute Gasteiger partial charge is 0.261 e. The highest BCUT2D eigenvalue weighted by Crippen LogP contribution is 2.46. The van der Waals surface area contributed by atoms with Crippen LogP contribution in [0.25, 0.3) is 0 Å². The van der Waals surface area contributed by atoms with Crippen molar-refractivity contribution < 1.29 is 9.53 Å². The van der Waals surface area contributed by atoms with Crippen molar-refractivity contribution in [3.8, 4) is 0 Å². The lowest BCUT2D eigenvalue weighted by Gasteiger charge is -2.43. The Morgan fingerprint density at radius 2 is 1.94 bits per heavy atom. The van der Waals surface area contributed by atoms with Crippen molar-refractivity contribution in [2.24, 2.45) is 0 Å². The number of carbonyl (C=O) groups excluding carboxylic acids is 1. The molecule has 2 heterocycles. The first-order valence-corrected chi connectivity index (χ1v) is 5.96. The quantitative estimate of drug-likeness (QED) is 0.762. The van der Waals surface area contributed by atoms with E-state index >= 15 is 0 Å². The highest BCUT2D eigenvalue weighted by molar-refractivity contribution is 6.02. The average Bonchev–Trinajstić information content (AvgIpc) is 2.45. The number of ether oxygens (including phenoxy) is 1. The van der Waals surface area contributed by atoms with Gasteiger partial charge < -0.3 is 10.1 Å². The predicted octanol–water partition coefficient (Wildman–Crippen LogP) is 2.55. The Labute approximate surface area is 106 Å². The minimum Gasteiger partial charge on any atom is -0.452 e. The maximum Gasteiger partial charge on any atom is 0.261 e. The van der Waals surface area contributed by atoms with Crippen LogP contribution in [0.5, 0.6) is 0 Å². The maximum atomic E-state index is 12.6. The van der Waals surface area contributed by atoms with Crippen molar-refractivity contribution in [1.82, 2.24) is 4.90 Å². The number of benzene rings is 1. The van der Waals surface area contributed by atoms with Crippen LogP contribution in [0.4, 0.5) is 5.69 Å². The number of rotatable bonds is 0. The summed E-state index contributed by atoms with van der Waals surface area (Å²) in [6.45, 7) is 9.64. The Balaban J connectivity index is 2.19. The fourth-order valence-corrected chi connectivity index (χ4v) is 2.75. The zero-order chi connectivity index (χ0) is 13.1. The molecule has 1 atom stereocenters. The molecule has 3 rings (SSSR count). The lowest BCUT2D eigenvalue weighted by Crippen LogP contribution is -2.60. The molecule has 2 aliphatic heterocycles. The first-order valence-electron chi connectivity index (χ1n) is 5.96. The second-order valence-electron chi connectivity index (χ2n) is 5.38. The van der Waals surface area contributed by atoms with Crippen LogP contribution in [-0.2, 0) is 4.74 Å². The van der Waals surface area contributed by atoms with Gasteiger partial charge in [-0.05, 0) is 26.0 Å². The Bertz CT molecular complexity index is 565. The summed E-state index contributed by atoms with van der Waals surface area (Å²) in [4.78, 5) is 14.3. The molecule has 0 saturated carbocycles. The van der Waals surface area contributed by atoms with Gasteiger partial charge in [0.2, 0.25) is 0 Å². The van der Waals surface area contributed by atoms with E-state index in [9.17, 15) is 4.79 Å². The first-order chi connectivity index (χ1) is 8.36. The van der Waals surface area contributed by atoms with Gasteiger partial charge in [-0.1, -0.05) is 18.7 Å². The summed E-state index contributed by atoms with van der Waals surface area (Å²) < 4.78 is 5.79. The number of amides is 1. The van der Waals surface area contributed by atoms with Gasteiger partial charge in [0.25, 0.3) is 11.8 Å². The molecule has 1 amide bonds. The van der Waals surface area contributed by atoms with E-state index < -0.39 is 11.4 Å². The number of para-hydroxylation sites is 1. The predicted molar refractivity (Wildman–Crippen MR) is 68.9 cm³/mol. The van der Waals surface area contributed by atoms with Crippen LogP contribution in [0, 0.1) is 0 Å². The van der Waals surface area contributed by atoms with Crippen molar-refractivity contribution >= 4 is 11.6 Å². The molecule has 0 aromatic heterocycles. The van der Waals surface area contributed by atoms with Crippen LogP contribution in [0.3, 0.4) is 0 Å². The summed E-state index contributed by atoms with van der Waals surface area (Å²) in [5, 5.41) is 3.27. The maximum absolute atomic E-state index is 12.6. The lowest BCUT2D eigenvalue weighted by atomic mass is 9.97. The fourth-order valence-electron chi connectivity index (χ4n) is 2.75. The highest BCUT2D eigenvalue weighted by Gasteiger charge is 2.57. The van der Waals surface area contributed by atoms with E-state index in [1.165, 1.54) is 0 Å². The molecular formula is C14H16N2O2. The Kier molecular flexibility index (Phi) is 1.90. The van der Waals surface area contributed by atoms with Crippen molar-refractivity contribution in [2.45, 2.75) is 32.2 Å². The minimum atomic E-state index is -0.855. The van der Waals surface area contributed by atoms with Crippen LogP contribution < -0.4 is 5.32 Å². The summed E-state index contributed by atoms with van der Waals surface area (Å²) in [5.74, 6) is -0.291. The molecule has 0 bridgehead atoms. The third-order valence-electron chi connectivity index (χ3n) is 3.72. The largest absolute Gasteiger partial charge is 0.452 e. The number of carbonyl (C=O) groups is 1. The van der Waals surface area contributed by atoms with E-state index in [0.29, 0.717) is 11.3 Å². The second-order valence-corrected chi connectivity index (χ2v) is 5.38. The molecule has 0 spiro atoms. The van der Waals surface area contributed by atoms with Crippen LogP contribution in [-0.4, -0.2) is 22.2 Å². The molecule has 1 unspecified atom stereocenters. The Hall–Kier alpha value is -1.97. The molecule has 4 nitrogen and oxygen atoms in total. The molecule has 94 valence electrons. The van der Waals surface area contributed by atoms with Crippen molar-refractivity contribution in [3.05, 3.63) is 42.2 Å². The molecule has 1 aromatic carbocycles. The number of hydrogen-bond acceptors (Lipinski definition) is 3. The topological polar surface area (TPSA) is 41.6 Å². The van der Waals surface area contributed by atoms with Crippen LogP contribution in [0.2, 0.25) is 0 Å². The van der Waals surface area contributed by atoms with Gasteiger partial charge in [0.15, 0.2) is 0 Å². The molecule has 18 heavy (non-hydrogen) atoms. The second kappa shape index (κ2) is 3.07. The van der Waals surface area contributed by atoms with Crippen LogP contribution in [0.1, 0.15) is 31.1 Å². The SMILES string of the molecule is C=C1OC2(C)Nc3ccccc3C(=O)N2C1(C)C. The van der Waals surface area contributed by atoms with E-state index in [4.69, 9.17) is 4.74 Å². The normalized spacial score (nSPS) is 28.3. The molecule has 1 aromatic rings. The number of hydrogen-bond donors (Lipinski definition) is 1. The Morgan fingerprint density at radius 1 is 1.28 bits per heavy atom. The van der Waals surface area contributed by atoms with Gasteiger partial charge in [-0.25, -0.2) is 0 Å². The molecular weight excluding hydrogens is 228 g/mol. The molecule has 1 saturated heterocycles. The van der Waals surface area contributed by atoms with Gasteiger partial charge in [-0.2, -0.15) is 0 Å². The zero-order valence-corrected chi connectivity index (χ0v) is 10.8. The van der Waals surface area contributed by atoms with Gasteiger partial charge >= 0.3 is 0 Å². The van der Waals surface area contributed by atoms with E-state index in [1.54, 1.807) is 4.90 Å². The van der Waals surface area contributed by atoms with Crippen molar-refractivity contribution in [2.75, 3.05) is 5.32 Å². The number of anilines is 1. The highest BCUT2D eigenvalue weighted by atomic mass is 16.6. The van der Waals surface area contributed by atoms with Crippen LogP contribution in [0.15, 0.2) is 36.6 Å². The minimum absolute atomic E-state index is 0.0319. The van der Waals surface area contributed by atoms with Crippen molar-refractivity contribution in [1.29, 1.82) is 0 Å². The fraction of sp³-hybridized carbons (Fsp3) is 0.357. The van der Waals surface area contributed by atoms with E-state index in [2.05, 4.69) is 11.9 Å². The summed E-state index contributed by atoms with van der Waals surface area (Å²) in [7, 11) is 0. The zero-order valence-electron chi connectivity index (χ0n) is 10.8. The molecule has 2 aliphatic rings. The monoisotopic (exact) mass is 244 g/mol. The number of nitrogens with zero attached hydrogens (tertiary/aromatic N) is 1. The number of fused-ring (bicyclic) bond motifs is 2. The van der Waals surface area contributed by atoms with E-state index in [0.717, 1.165) is 5.69 Å². The average molecular weight is 244 g/mol. The van der Waals surface area contributed by atoms with Gasteiger partial charge in [-0.3, -0.25) is 9.69 Å². The van der Waals surface area contributed by atoms with Gasteiger partial charge in [0.05, 0.1) is 11.3 Å². The summed E-state index contributed by atoms with van der Waals surface area (Å²) in [5.41, 5.74) is 0.944. The Morgan fingerprint density at radius 3 is 2.67 bits per heavy atom. The van der Waals surface area contributed by atoms with E-state index in [-0.39, 0.29) is 5.91 Å². The summed E-state index contributed by atoms with van der Waals surface area (Å²) in [6.07, 6.45) is 0. The third kappa shape index (κ3) is 1.17. The van der Waals surface area contributed by atoms with Crippen LogP contribution >= 0.6 is 0 Å². The lowest BCUT2D eigenvalue weighted by molar-refractivity contribution is -0.0282.